The van der Waals surface area contributed by atoms with Crippen LogP contribution in [0.4, 0.5) is 4.39 Å². The second-order valence-electron chi connectivity index (χ2n) is 13.6. The molecule has 2 unspecified atom stereocenters. The molecule has 3 saturated carbocycles. The van der Waals surface area contributed by atoms with E-state index in [1.165, 1.54) is 18.2 Å². The fourth-order valence-corrected chi connectivity index (χ4v) is 10.6. The highest BCUT2D eigenvalue weighted by atomic mass is 32.2. The molecule has 2 aromatic rings. The molecule has 214 valence electrons. The molecule has 5 aliphatic rings. The number of carbonyl (C=O) groups excluding carboxylic acids is 1. The minimum atomic E-state index is -4.09. The van der Waals surface area contributed by atoms with Gasteiger partial charge in [0.1, 0.15) is 10.6 Å². The maximum absolute atomic E-state index is 14.6. The number of carboxylic acid groups (broad SMARTS) is 1. The Balaban J connectivity index is 1.45. The molecule has 1 aliphatic heterocycles. The van der Waals surface area contributed by atoms with E-state index < -0.39 is 43.2 Å². The van der Waals surface area contributed by atoms with Crippen LogP contribution in [0.3, 0.4) is 0 Å². The van der Waals surface area contributed by atoms with Crippen LogP contribution in [0.2, 0.25) is 0 Å². The first-order valence-electron chi connectivity index (χ1n) is 14.4. The quantitative estimate of drug-likeness (QED) is 0.507. The van der Waals surface area contributed by atoms with Crippen molar-refractivity contribution in [3.63, 3.8) is 0 Å². The molecule has 2 bridgehead atoms. The van der Waals surface area contributed by atoms with Crippen LogP contribution in [-0.4, -0.2) is 42.9 Å². The number of benzene rings is 2. The topological polar surface area (TPSA) is 91.8 Å². The molecule has 0 radical (unpaired) electrons. The molecule has 4 aliphatic carbocycles. The number of aliphatic carboxylic acids is 1. The highest BCUT2D eigenvalue weighted by Crippen LogP contribution is 2.60. The molecule has 7 rings (SSSR count). The maximum Gasteiger partial charge on any atom is 0.309 e. The highest BCUT2D eigenvalue weighted by Gasteiger charge is 2.64. The van der Waals surface area contributed by atoms with Gasteiger partial charge in [0.2, 0.25) is 5.91 Å². The average Bonchev–Trinajstić information content (AvgIpc) is 3.34. The van der Waals surface area contributed by atoms with Crippen molar-refractivity contribution in [2.24, 2.45) is 10.8 Å². The predicted molar refractivity (Wildman–Crippen MR) is 149 cm³/mol. The Morgan fingerprint density at radius 1 is 0.950 bits per heavy atom. The fourth-order valence-electron chi connectivity index (χ4n) is 8.21. The summed E-state index contributed by atoms with van der Waals surface area (Å²) in [5.74, 6) is -1.40. The first kappa shape index (κ1) is 27.4. The lowest BCUT2D eigenvalue weighted by molar-refractivity contribution is -0.167. The summed E-state index contributed by atoms with van der Waals surface area (Å²) in [7, 11) is -4.09. The Hall–Kier alpha value is -2.74. The molecule has 1 amide bonds. The van der Waals surface area contributed by atoms with Gasteiger partial charge in [-0.3, -0.25) is 9.59 Å². The number of hydrogen-bond acceptors (Lipinski definition) is 4. The molecule has 1 heterocycles. The number of carboxylic acids is 1. The number of likely N-dealkylation sites (tertiary alicyclic amines) is 1. The summed E-state index contributed by atoms with van der Waals surface area (Å²) < 4.78 is 42.3. The van der Waals surface area contributed by atoms with E-state index in [4.69, 9.17) is 0 Å². The fraction of sp³-hybridized carbons (Fsp3) is 0.562. The van der Waals surface area contributed by atoms with Crippen LogP contribution in [0.25, 0.3) is 0 Å². The van der Waals surface area contributed by atoms with Gasteiger partial charge in [-0.05, 0) is 98.1 Å². The molecule has 2 atom stereocenters. The zero-order valence-electron chi connectivity index (χ0n) is 23.5. The van der Waals surface area contributed by atoms with Gasteiger partial charge < -0.3 is 10.0 Å². The Morgan fingerprint density at radius 2 is 1.60 bits per heavy atom. The summed E-state index contributed by atoms with van der Waals surface area (Å²) in [6.07, 6.45) is 4.44. The minimum absolute atomic E-state index is 0.0257. The Morgan fingerprint density at radius 3 is 2.20 bits per heavy atom. The van der Waals surface area contributed by atoms with Gasteiger partial charge in [0.15, 0.2) is 9.84 Å². The number of halogens is 1. The van der Waals surface area contributed by atoms with E-state index in [0.717, 1.165) is 22.8 Å². The summed E-state index contributed by atoms with van der Waals surface area (Å²) in [6, 6.07) is 10.7. The molecule has 40 heavy (non-hydrogen) atoms. The molecular weight excluding hydrogens is 529 g/mol. The zero-order valence-corrected chi connectivity index (χ0v) is 24.3. The van der Waals surface area contributed by atoms with Gasteiger partial charge >= 0.3 is 5.97 Å². The van der Waals surface area contributed by atoms with E-state index in [2.05, 4.69) is 26.8 Å². The van der Waals surface area contributed by atoms with Crippen molar-refractivity contribution in [3.8, 4) is 0 Å². The van der Waals surface area contributed by atoms with Crippen LogP contribution in [0, 0.1) is 16.6 Å². The van der Waals surface area contributed by atoms with Crippen LogP contribution in [0.5, 0.6) is 0 Å². The van der Waals surface area contributed by atoms with Gasteiger partial charge in [-0.25, -0.2) is 12.8 Å². The van der Waals surface area contributed by atoms with E-state index in [1.54, 1.807) is 0 Å². The minimum Gasteiger partial charge on any atom is -0.481 e. The molecule has 1 N–H and O–H groups in total. The van der Waals surface area contributed by atoms with Crippen LogP contribution >= 0.6 is 0 Å². The lowest BCUT2D eigenvalue weighted by Crippen LogP contribution is -2.57. The van der Waals surface area contributed by atoms with Crippen molar-refractivity contribution < 1.29 is 27.5 Å². The van der Waals surface area contributed by atoms with E-state index in [-0.39, 0.29) is 22.6 Å². The van der Waals surface area contributed by atoms with E-state index in [0.29, 0.717) is 57.9 Å². The SMILES string of the molecule is CC(C)(C)c1ccc2c(c1)CCC1N(C(=O)C34CCC(C(=O)O)(CC3)CC4)CCC21S(=O)(=O)c1cccc(F)c1. The summed E-state index contributed by atoms with van der Waals surface area (Å²) in [4.78, 5) is 28.1. The van der Waals surface area contributed by atoms with Gasteiger partial charge in [0.25, 0.3) is 0 Å². The number of hydrogen-bond donors (Lipinski definition) is 1. The summed E-state index contributed by atoms with van der Waals surface area (Å²) in [6.45, 7) is 6.69. The number of rotatable bonds is 4. The van der Waals surface area contributed by atoms with Gasteiger partial charge in [0.05, 0.1) is 16.4 Å². The Kier molecular flexibility index (Phi) is 6.09. The summed E-state index contributed by atoms with van der Waals surface area (Å²) in [5.41, 5.74) is 1.37. The maximum atomic E-state index is 14.6. The molecule has 0 spiro atoms. The van der Waals surface area contributed by atoms with E-state index >= 15 is 0 Å². The molecule has 2 aromatic carbocycles. The number of amides is 1. The number of nitrogens with zero attached hydrogens (tertiary/aromatic N) is 1. The molecule has 1 saturated heterocycles. The number of sulfone groups is 1. The molecule has 8 heteroatoms. The van der Waals surface area contributed by atoms with Crippen molar-refractivity contribution in [3.05, 3.63) is 65.0 Å². The summed E-state index contributed by atoms with van der Waals surface area (Å²) >= 11 is 0. The van der Waals surface area contributed by atoms with Crippen molar-refractivity contribution >= 4 is 21.7 Å². The van der Waals surface area contributed by atoms with E-state index in [1.807, 2.05) is 17.0 Å². The van der Waals surface area contributed by atoms with Gasteiger partial charge in [-0.1, -0.05) is 45.0 Å². The van der Waals surface area contributed by atoms with Crippen LogP contribution in [-0.2, 0) is 36.0 Å². The molecule has 4 fully saturated rings. The summed E-state index contributed by atoms with van der Waals surface area (Å²) in [5, 5.41) is 9.83. The van der Waals surface area contributed by atoms with Gasteiger partial charge in [-0.15, -0.1) is 0 Å². The van der Waals surface area contributed by atoms with Crippen LogP contribution in [0.1, 0.15) is 88.8 Å². The zero-order chi connectivity index (χ0) is 28.7. The normalized spacial score (nSPS) is 31.5. The largest absolute Gasteiger partial charge is 0.481 e. The average molecular weight is 568 g/mol. The third-order valence-corrected chi connectivity index (χ3v) is 13.3. The molecule has 0 aromatic heterocycles. The van der Waals surface area contributed by atoms with Crippen LogP contribution < -0.4 is 0 Å². The second kappa shape index (κ2) is 8.88. The van der Waals surface area contributed by atoms with Gasteiger partial charge in [-0.2, -0.15) is 0 Å². The van der Waals surface area contributed by atoms with Crippen molar-refractivity contribution in [1.29, 1.82) is 0 Å². The van der Waals surface area contributed by atoms with E-state index in [9.17, 15) is 27.5 Å². The number of aryl methyl sites for hydroxylation is 1. The molecule has 6 nitrogen and oxygen atoms in total. The standard InChI is InChI=1S/C32H38FNO5S/c1-29(2,3)22-8-9-25-21(19-22)7-10-26-32(25,40(38,39)24-6-4-5-23(33)20-24)17-18-34(26)27(35)30-11-14-31(15-12-30,16-13-30)28(36)37/h4-6,8-9,19-20,26H,7,10-18H2,1-3H3,(H,36,37). The van der Waals surface area contributed by atoms with Crippen LogP contribution in [0.15, 0.2) is 47.4 Å². The first-order chi connectivity index (χ1) is 18.8. The number of carbonyl (C=O) groups is 2. The second-order valence-corrected chi connectivity index (χ2v) is 15.8. The van der Waals surface area contributed by atoms with Gasteiger partial charge in [0, 0.05) is 12.0 Å². The lowest BCUT2D eigenvalue weighted by Gasteiger charge is -2.52. The Bertz CT molecular complexity index is 1480. The predicted octanol–water partition coefficient (Wildman–Crippen LogP) is 5.76. The number of fused-ring (bicyclic) bond motifs is 6. The van der Waals surface area contributed by atoms with Crippen molar-refractivity contribution in [1.82, 2.24) is 4.90 Å². The van der Waals surface area contributed by atoms with Crippen molar-refractivity contribution in [2.75, 3.05) is 6.54 Å². The molecular formula is C32H38FNO5S. The third-order valence-electron chi connectivity index (χ3n) is 10.8. The monoisotopic (exact) mass is 567 g/mol. The van der Waals surface area contributed by atoms with Crippen molar-refractivity contribution in [2.45, 2.75) is 99.7 Å². The lowest BCUT2D eigenvalue weighted by atomic mass is 9.53. The third kappa shape index (κ3) is 3.74. The highest BCUT2D eigenvalue weighted by molar-refractivity contribution is 7.92. The first-order valence-corrected chi connectivity index (χ1v) is 15.9. The smallest absolute Gasteiger partial charge is 0.309 e. The Labute approximate surface area is 235 Å².